The van der Waals surface area contributed by atoms with Crippen molar-refractivity contribution in [3.8, 4) is 5.88 Å². The zero-order chi connectivity index (χ0) is 17.8. The van der Waals surface area contributed by atoms with Gasteiger partial charge in [0.15, 0.2) is 0 Å². The minimum absolute atomic E-state index is 0.105. The largest absolute Gasteiger partial charge is 0.473 e. The first-order valence-corrected chi connectivity index (χ1v) is 9.94. The van der Waals surface area contributed by atoms with E-state index in [-0.39, 0.29) is 6.10 Å². The Labute approximate surface area is 154 Å². The topological polar surface area (TPSA) is 55.3 Å². The molecule has 1 aliphatic carbocycles. The Bertz CT molecular complexity index is 745. The summed E-state index contributed by atoms with van der Waals surface area (Å²) < 4.78 is 6.14. The summed E-state index contributed by atoms with van der Waals surface area (Å²) in [5.41, 5.74) is 0. The summed E-state index contributed by atoms with van der Waals surface area (Å²) in [5, 5.41) is 10.3. The monoisotopic (exact) mass is 353 g/mol. The summed E-state index contributed by atoms with van der Waals surface area (Å²) in [7, 11) is 0. The van der Waals surface area contributed by atoms with Crippen LogP contribution < -0.4 is 4.74 Å². The van der Waals surface area contributed by atoms with Gasteiger partial charge in [0, 0.05) is 43.1 Å². The number of carbonyl (C=O) groups is 1. The zero-order valence-electron chi connectivity index (χ0n) is 15.3. The molecule has 0 N–H and O–H groups in total. The molecule has 1 amide bonds. The minimum atomic E-state index is 0.105. The molecule has 5 nitrogen and oxygen atoms in total. The van der Waals surface area contributed by atoms with Crippen LogP contribution in [0.5, 0.6) is 5.88 Å². The van der Waals surface area contributed by atoms with Gasteiger partial charge in [-0.3, -0.25) is 4.79 Å². The van der Waals surface area contributed by atoms with Gasteiger partial charge < -0.3 is 9.64 Å². The summed E-state index contributed by atoms with van der Waals surface area (Å²) in [6.45, 7) is 1.57. The molecule has 0 spiro atoms. The minimum Gasteiger partial charge on any atom is -0.473 e. The molecule has 138 valence electrons. The molecule has 1 saturated carbocycles. The van der Waals surface area contributed by atoms with E-state index in [9.17, 15) is 4.79 Å². The number of hydrogen-bond acceptors (Lipinski definition) is 4. The van der Waals surface area contributed by atoms with Crippen LogP contribution in [0.2, 0.25) is 0 Å². The van der Waals surface area contributed by atoms with E-state index in [2.05, 4.69) is 10.2 Å². The van der Waals surface area contributed by atoms with Crippen molar-refractivity contribution in [2.45, 2.75) is 57.5 Å². The lowest BCUT2D eigenvalue weighted by Gasteiger charge is -2.33. The van der Waals surface area contributed by atoms with Gasteiger partial charge >= 0.3 is 0 Å². The predicted molar refractivity (Wildman–Crippen MR) is 101 cm³/mol. The molecular formula is C21H27N3O2. The second-order valence-corrected chi connectivity index (χ2v) is 7.64. The Balaban J connectivity index is 1.31. The Morgan fingerprint density at radius 3 is 2.65 bits per heavy atom. The molecule has 0 bridgehead atoms. The highest BCUT2D eigenvalue weighted by atomic mass is 16.5. The van der Waals surface area contributed by atoms with Gasteiger partial charge in [-0.25, -0.2) is 0 Å². The van der Waals surface area contributed by atoms with E-state index in [0.29, 0.717) is 17.7 Å². The number of aromatic nitrogens is 2. The van der Waals surface area contributed by atoms with E-state index < -0.39 is 0 Å². The Morgan fingerprint density at radius 1 is 1.08 bits per heavy atom. The Kier molecular flexibility index (Phi) is 5.32. The first-order chi connectivity index (χ1) is 12.8. The lowest BCUT2D eigenvalue weighted by atomic mass is 9.86. The van der Waals surface area contributed by atoms with Crippen LogP contribution in [0.4, 0.5) is 0 Å². The third-order valence-electron chi connectivity index (χ3n) is 5.80. The molecule has 2 aromatic rings. The van der Waals surface area contributed by atoms with Gasteiger partial charge in [0.05, 0.1) is 6.20 Å². The van der Waals surface area contributed by atoms with Crippen molar-refractivity contribution < 1.29 is 9.53 Å². The number of ether oxygens (including phenoxy) is 1. The molecule has 1 aliphatic heterocycles. The highest BCUT2D eigenvalue weighted by Crippen LogP contribution is 2.28. The maximum absolute atomic E-state index is 12.6. The quantitative estimate of drug-likeness (QED) is 0.834. The van der Waals surface area contributed by atoms with Crippen LogP contribution in [0, 0.1) is 5.92 Å². The van der Waals surface area contributed by atoms with Crippen molar-refractivity contribution in [3.05, 3.63) is 30.5 Å². The SMILES string of the molecule is O=C(CC1CCCCC1)N1CCC(Oc2nncc3ccccc23)CC1. The molecule has 2 heterocycles. The zero-order valence-corrected chi connectivity index (χ0v) is 15.3. The van der Waals surface area contributed by atoms with E-state index in [1.807, 2.05) is 29.2 Å². The van der Waals surface area contributed by atoms with E-state index >= 15 is 0 Å². The maximum Gasteiger partial charge on any atom is 0.241 e. The third kappa shape index (κ3) is 3.97. The fourth-order valence-corrected chi connectivity index (χ4v) is 4.24. The van der Waals surface area contributed by atoms with Crippen molar-refractivity contribution >= 4 is 16.7 Å². The Hall–Kier alpha value is -2.17. The molecule has 0 radical (unpaired) electrons. The van der Waals surface area contributed by atoms with Crippen LogP contribution in [0.25, 0.3) is 10.8 Å². The second kappa shape index (κ2) is 8.02. The fourth-order valence-electron chi connectivity index (χ4n) is 4.24. The summed E-state index contributed by atoms with van der Waals surface area (Å²) >= 11 is 0. The third-order valence-corrected chi connectivity index (χ3v) is 5.80. The van der Waals surface area contributed by atoms with Crippen molar-refractivity contribution in [2.75, 3.05) is 13.1 Å². The first-order valence-electron chi connectivity index (χ1n) is 9.94. The molecule has 0 unspecified atom stereocenters. The number of carbonyl (C=O) groups excluding carboxylic acids is 1. The van der Waals surface area contributed by atoms with Crippen LogP contribution in [0.1, 0.15) is 51.4 Å². The van der Waals surface area contributed by atoms with Crippen molar-refractivity contribution in [3.63, 3.8) is 0 Å². The van der Waals surface area contributed by atoms with Crippen LogP contribution in [-0.2, 0) is 4.79 Å². The molecule has 4 rings (SSSR count). The van der Waals surface area contributed by atoms with Gasteiger partial charge in [0.1, 0.15) is 6.10 Å². The van der Waals surface area contributed by atoms with E-state index in [1.54, 1.807) is 6.20 Å². The lowest BCUT2D eigenvalue weighted by molar-refractivity contribution is -0.134. The van der Waals surface area contributed by atoms with Gasteiger partial charge in [-0.15, -0.1) is 5.10 Å². The van der Waals surface area contributed by atoms with Crippen molar-refractivity contribution in [1.29, 1.82) is 0 Å². The average Bonchev–Trinajstić information content (AvgIpc) is 2.70. The summed E-state index contributed by atoms with van der Waals surface area (Å²) in [4.78, 5) is 14.6. The first kappa shape index (κ1) is 17.3. The second-order valence-electron chi connectivity index (χ2n) is 7.64. The van der Waals surface area contributed by atoms with Crippen LogP contribution in [0.15, 0.2) is 30.5 Å². The van der Waals surface area contributed by atoms with E-state index in [1.165, 1.54) is 32.1 Å². The number of fused-ring (bicyclic) bond motifs is 1. The maximum atomic E-state index is 12.6. The molecule has 1 aromatic carbocycles. The van der Waals surface area contributed by atoms with Gasteiger partial charge in [-0.1, -0.05) is 37.5 Å². The number of amides is 1. The highest BCUT2D eigenvalue weighted by Gasteiger charge is 2.26. The number of piperidine rings is 1. The van der Waals surface area contributed by atoms with Gasteiger partial charge in [-0.2, -0.15) is 5.10 Å². The van der Waals surface area contributed by atoms with Crippen LogP contribution in [-0.4, -0.2) is 40.2 Å². The highest BCUT2D eigenvalue weighted by molar-refractivity contribution is 5.85. The normalized spacial score (nSPS) is 19.6. The Morgan fingerprint density at radius 2 is 1.85 bits per heavy atom. The smallest absolute Gasteiger partial charge is 0.241 e. The molecule has 2 aliphatic rings. The number of hydrogen-bond donors (Lipinski definition) is 0. The molecule has 0 atom stereocenters. The summed E-state index contributed by atoms with van der Waals surface area (Å²) in [6, 6.07) is 8.01. The number of benzene rings is 1. The van der Waals surface area contributed by atoms with Crippen molar-refractivity contribution in [1.82, 2.24) is 15.1 Å². The number of nitrogens with zero attached hydrogens (tertiary/aromatic N) is 3. The molecule has 26 heavy (non-hydrogen) atoms. The molecule has 1 aromatic heterocycles. The van der Waals surface area contributed by atoms with Gasteiger partial charge in [0.2, 0.25) is 11.8 Å². The van der Waals surface area contributed by atoms with Gasteiger partial charge in [0.25, 0.3) is 0 Å². The lowest BCUT2D eigenvalue weighted by Crippen LogP contribution is -2.42. The average molecular weight is 353 g/mol. The van der Waals surface area contributed by atoms with Gasteiger partial charge in [-0.05, 0) is 24.8 Å². The van der Waals surface area contributed by atoms with E-state index in [4.69, 9.17) is 4.74 Å². The molecule has 1 saturated heterocycles. The molecule has 5 heteroatoms. The molecular weight excluding hydrogens is 326 g/mol. The predicted octanol–water partition coefficient (Wildman–Crippen LogP) is 3.97. The number of rotatable bonds is 4. The summed E-state index contributed by atoms with van der Waals surface area (Å²) in [6.07, 6.45) is 10.7. The standard InChI is InChI=1S/C21H27N3O2/c25-20(14-16-6-2-1-3-7-16)24-12-10-18(11-13-24)26-21-19-9-5-4-8-17(19)15-22-23-21/h4-5,8-9,15-16,18H,1-3,6-7,10-14H2. The number of likely N-dealkylation sites (tertiary alicyclic amines) is 1. The van der Waals surface area contributed by atoms with Crippen LogP contribution >= 0.6 is 0 Å². The van der Waals surface area contributed by atoms with Crippen LogP contribution in [0.3, 0.4) is 0 Å². The molecule has 2 fully saturated rings. The fraction of sp³-hybridized carbons (Fsp3) is 0.571. The van der Waals surface area contributed by atoms with E-state index in [0.717, 1.165) is 43.1 Å². The summed E-state index contributed by atoms with van der Waals surface area (Å²) in [5.74, 6) is 1.55. The van der Waals surface area contributed by atoms with Crippen molar-refractivity contribution in [2.24, 2.45) is 5.92 Å².